The minimum absolute atomic E-state index is 0.121. The molecule has 1 aliphatic rings. The second-order valence-corrected chi connectivity index (χ2v) is 5.60. The van der Waals surface area contributed by atoms with Gasteiger partial charge in [-0.25, -0.2) is 0 Å². The van der Waals surface area contributed by atoms with Gasteiger partial charge in [0.1, 0.15) is 18.1 Å². The van der Waals surface area contributed by atoms with E-state index < -0.39 is 18.5 Å². The first-order valence-electron chi connectivity index (χ1n) is 10.0. The Morgan fingerprint density at radius 2 is 1.89 bits per heavy atom. The number of aliphatic hydroxyl groups excluding tert-OH is 2. The molecule has 0 radical (unpaired) electrons. The maximum atomic E-state index is 11.0. The van der Waals surface area contributed by atoms with Crippen molar-refractivity contribution in [3.05, 3.63) is 23.8 Å². The molecule has 1 aromatic rings. The molecule has 1 fully saturated rings. The van der Waals surface area contributed by atoms with Crippen molar-refractivity contribution in [2.75, 3.05) is 13.2 Å². The molecule has 0 aromatic heterocycles. The highest BCUT2D eigenvalue weighted by molar-refractivity contribution is 5.66. The van der Waals surface area contributed by atoms with E-state index in [-0.39, 0.29) is 19.2 Å². The standard InChI is InChI=1S/C17H24O7.2C2H6/c1-3-21-16-8-14(5-4-12(16)10-22-11(2)19)23-17-7-13(20)6-15(9-18)24-17;2*1-2/h4-5,8,13,15,17-18,20H,3,6-7,9-10H2,1-2H3;2*1-2H3. The Morgan fingerprint density at radius 1 is 1.21 bits per heavy atom. The van der Waals surface area contributed by atoms with Crippen LogP contribution in [0.5, 0.6) is 11.5 Å². The van der Waals surface area contributed by atoms with Gasteiger partial charge in [0.25, 0.3) is 0 Å². The van der Waals surface area contributed by atoms with Crippen molar-refractivity contribution >= 4 is 5.97 Å². The highest BCUT2D eigenvalue weighted by Crippen LogP contribution is 2.29. The molecule has 1 heterocycles. The highest BCUT2D eigenvalue weighted by atomic mass is 16.7. The molecule has 0 saturated carbocycles. The van der Waals surface area contributed by atoms with Crippen molar-refractivity contribution in [1.82, 2.24) is 0 Å². The lowest BCUT2D eigenvalue weighted by Gasteiger charge is -2.32. The van der Waals surface area contributed by atoms with Crippen LogP contribution in [-0.2, 0) is 20.9 Å². The third kappa shape index (κ3) is 9.39. The van der Waals surface area contributed by atoms with E-state index in [1.807, 2.05) is 34.6 Å². The summed E-state index contributed by atoms with van der Waals surface area (Å²) in [4.78, 5) is 11.0. The van der Waals surface area contributed by atoms with Gasteiger partial charge in [-0.2, -0.15) is 0 Å². The third-order valence-corrected chi connectivity index (χ3v) is 3.58. The number of benzene rings is 1. The predicted molar refractivity (Wildman–Crippen MR) is 107 cm³/mol. The molecule has 2 rings (SSSR count). The molecule has 0 spiro atoms. The van der Waals surface area contributed by atoms with Crippen molar-refractivity contribution in [2.24, 2.45) is 0 Å². The number of aliphatic hydroxyl groups is 2. The van der Waals surface area contributed by atoms with E-state index in [4.69, 9.17) is 18.9 Å². The minimum atomic E-state index is -0.639. The topological polar surface area (TPSA) is 94.5 Å². The molecule has 1 saturated heterocycles. The van der Waals surface area contributed by atoms with Gasteiger partial charge in [0, 0.05) is 31.4 Å². The van der Waals surface area contributed by atoms with Gasteiger partial charge < -0.3 is 29.2 Å². The Balaban J connectivity index is 0.00000171. The van der Waals surface area contributed by atoms with Crippen LogP contribution in [0.2, 0.25) is 0 Å². The van der Waals surface area contributed by atoms with Crippen molar-refractivity contribution in [2.45, 2.75) is 79.5 Å². The van der Waals surface area contributed by atoms with Crippen LogP contribution in [0.1, 0.15) is 59.9 Å². The molecule has 28 heavy (non-hydrogen) atoms. The average Bonchev–Trinajstić information content (AvgIpc) is 2.70. The molecule has 3 unspecified atom stereocenters. The predicted octanol–water partition coefficient (Wildman–Crippen LogP) is 3.44. The van der Waals surface area contributed by atoms with Gasteiger partial charge in [-0.3, -0.25) is 4.79 Å². The molecule has 1 aliphatic heterocycles. The average molecular weight is 401 g/mol. The van der Waals surface area contributed by atoms with Gasteiger partial charge in [0.05, 0.1) is 25.4 Å². The van der Waals surface area contributed by atoms with E-state index in [1.165, 1.54) is 6.92 Å². The molecule has 7 nitrogen and oxygen atoms in total. The van der Waals surface area contributed by atoms with Crippen LogP contribution in [0, 0.1) is 0 Å². The summed E-state index contributed by atoms with van der Waals surface area (Å²) in [7, 11) is 0. The van der Waals surface area contributed by atoms with Gasteiger partial charge in [0.2, 0.25) is 6.29 Å². The first-order valence-corrected chi connectivity index (χ1v) is 10.0. The van der Waals surface area contributed by atoms with Crippen LogP contribution < -0.4 is 9.47 Å². The minimum Gasteiger partial charge on any atom is -0.493 e. The molecule has 0 aliphatic carbocycles. The van der Waals surface area contributed by atoms with Crippen LogP contribution >= 0.6 is 0 Å². The molecule has 0 bridgehead atoms. The zero-order chi connectivity index (χ0) is 21.5. The van der Waals surface area contributed by atoms with Gasteiger partial charge in [-0.1, -0.05) is 27.7 Å². The van der Waals surface area contributed by atoms with Crippen LogP contribution in [0.4, 0.5) is 0 Å². The largest absolute Gasteiger partial charge is 0.493 e. The lowest BCUT2D eigenvalue weighted by Crippen LogP contribution is -2.40. The summed E-state index contributed by atoms with van der Waals surface area (Å²) in [5.41, 5.74) is 0.734. The Morgan fingerprint density at radius 3 is 2.46 bits per heavy atom. The van der Waals surface area contributed by atoms with Crippen molar-refractivity contribution < 1.29 is 34.0 Å². The number of hydrogen-bond donors (Lipinski definition) is 2. The van der Waals surface area contributed by atoms with Gasteiger partial charge in [0.15, 0.2) is 0 Å². The molecular formula is C21H36O7. The third-order valence-electron chi connectivity index (χ3n) is 3.58. The molecule has 1 aromatic carbocycles. The lowest BCUT2D eigenvalue weighted by atomic mass is 10.1. The fourth-order valence-corrected chi connectivity index (χ4v) is 2.49. The molecule has 3 atom stereocenters. The number of esters is 1. The van der Waals surface area contributed by atoms with Crippen LogP contribution in [0.3, 0.4) is 0 Å². The van der Waals surface area contributed by atoms with Gasteiger partial charge in [-0.05, 0) is 19.1 Å². The van der Waals surface area contributed by atoms with E-state index >= 15 is 0 Å². The van der Waals surface area contributed by atoms with Crippen LogP contribution in [0.15, 0.2) is 18.2 Å². The second-order valence-electron chi connectivity index (χ2n) is 5.60. The zero-order valence-electron chi connectivity index (χ0n) is 17.9. The second kappa shape index (κ2) is 15.1. The van der Waals surface area contributed by atoms with Crippen molar-refractivity contribution in [3.63, 3.8) is 0 Å². The van der Waals surface area contributed by atoms with E-state index in [2.05, 4.69) is 0 Å². The van der Waals surface area contributed by atoms with Crippen LogP contribution in [0.25, 0.3) is 0 Å². The van der Waals surface area contributed by atoms with E-state index in [1.54, 1.807) is 18.2 Å². The molecule has 7 heteroatoms. The van der Waals surface area contributed by atoms with E-state index in [0.29, 0.717) is 30.9 Å². The number of ether oxygens (including phenoxy) is 4. The fourth-order valence-electron chi connectivity index (χ4n) is 2.49. The lowest BCUT2D eigenvalue weighted by molar-refractivity contribution is -0.184. The van der Waals surface area contributed by atoms with E-state index in [0.717, 1.165) is 5.56 Å². The molecular weight excluding hydrogens is 364 g/mol. The fraction of sp³-hybridized carbons (Fsp3) is 0.667. The molecule has 162 valence electrons. The highest BCUT2D eigenvalue weighted by Gasteiger charge is 2.29. The SMILES string of the molecule is CC.CC.CCOc1cc(OC2CC(O)CC(CO)O2)ccc1COC(C)=O. The summed E-state index contributed by atoms with van der Waals surface area (Å²) in [5, 5.41) is 19.0. The van der Waals surface area contributed by atoms with Gasteiger partial charge >= 0.3 is 5.97 Å². The summed E-state index contributed by atoms with van der Waals surface area (Å²) < 4.78 is 21.9. The monoisotopic (exact) mass is 400 g/mol. The van der Waals surface area contributed by atoms with Crippen molar-refractivity contribution in [1.29, 1.82) is 0 Å². The van der Waals surface area contributed by atoms with E-state index in [9.17, 15) is 15.0 Å². The van der Waals surface area contributed by atoms with Crippen molar-refractivity contribution in [3.8, 4) is 11.5 Å². The summed E-state index contributed by atoms with van der Waals surface area (Å²) >= 11 is 0. The summed E-state index contributed by atoms with van der Waals surface area (Å²) in [6.07, 6.45) is -0.930. The Labute approximate surface area is 168 Å². The Bertz CT molecular complexity index is 548. The maximum absolute atomic E-state index is 11.0. The summed E-state index contributed by atoms with van der Waals surface area (Å²) in [6.45, 7) is 11.6. The van der Waals surface area contributed by atoms with Gasteiger partial charge in [-0.15, -0.1) is 0 Å². The molecule has 2 N–H and O–H groups in total. The Kier molecular flexibility index (Phi) is 14.1. The van der Waals surface area contributed by atoms with Crippen LogP contribution in [-0.4, -0.2) is 47.9 Å². The normalized spacial score (nSPS) is 20.6. The summed E-state index contributed by atoms with van der Waals surface area (Å²) in [5.74, 6) is 0.713. The molecule has 0 amide bonds. The smallest absolute Gasteiger partial charge is 0.302 e. The number of hydrogen-bond acceptors (Lipinski definition) is 7. The first kappa shape index (κ1) is 26.2. The Hall–Kier alpha value is -1.83. The number of carbonyl (C=O) groups is 1. The zero-order valence-corrected chi connectivity index (χ0v) is 17.9. The number of carbonyl (C=O) groups excluding carboxylic acids is 1. The first-order chi connectivity index (χ1) is 13.5. The number of rotatable bonds is 7. The maximum Gasteiger partial charge on any atom is 0.302 e. The summed E-state index contributed by atoms with van der Waals surface area (Å²) in [6, 6.07) is 5.17. The quantitative estimate of drug-likeness (QED) is 0.677.